The lowest BCUT2D eigenvalue weighted by Crippen LogP contribution is -2.49. The maximum atomic E-state index is 9.08. The van der Waals surface area contributed by atoms with Gasteiger partial charge in [-0.15, -0.1) is 0 Å². The molecule has 0 aliphatic carbocycles. The molecule has 0 amide bonds. The van der Waals surface area contributed by atoms with E-state index in [0.717, 1.165) is 5.69 Å². The standard InChI is InChI=1S/C9H17N3O2/c1-7(8-3-4-10-12-8)11-9(2,5-13)6-14/h3-4,7,11,13-14H,5-6H2,1-2H3,(H,10,12). The fraction of sp³-hybridized carbons (Fsp3) is 0.667. The molecule has 0 spiro atoms. The summed E-state index contributed by atoms with van der Waals surface area (Å²) < 4.78 is 0. The number of aromatic amines is 1. The number of rotatable bonds is 5. The van der Waals surface area contributed by atoms with E-state index in [4.69, 9.17) is 10.2 Å². The summed E-state index contributed by atoms with van der Waals surface area (Å²) >= 11 is 0. The average molecular weight is 199 g/mol. The Hall–Kier alpha value is -0.910. The Bertz CT molecular complexity index is 257. The van der Waals surface area contributed by atoms with Crippen LogP contribution in [0.3, 0.4) is 0 Å². The Kier molecular flexibility index (Phi) is 3.62. The van der Waals surface area contributed by atoms with Crippen molar-refractivity contribution in [3.63, 3.8) is 0 Å². The van der Waals surface area contributed by atoms with Gasteiger partial charge in [0.25, 0.3) is 0 Å². The number of hydrogen-bond acceptors (Lipinski definition) is 4. The second-order valence-electron chi connectivity index (χ2n) is 3.75. The van der Waals surface area contributed by atoms with Gasteiger partial charge in [-0.2, -0.15) is 5.10 Å². The van der Waals surface area contributed by atoms with Crippen LogP contribution in [0.15, 0.2) is 12.3 Å². The van der Waals surface area contributed by atoms with E-state index >= 15 is 0 Å². The molecule has 5 heteroatoms. The summed E-state index contributed by atoms with van der Waals surface area (Å²) in [6.07, 6.45) is 1.67. The molecular formula is C9H17N3O2. The van der Waals surface area contributed by atoms with Gasteiger partial charge in [-0.1, -0.05) is 0 Å². The molecule has 0 aliphatic rings. The molecule has 1 rings (SSSR count). The maximum Gasteiger partial charge on any atom is 0.0633 e. The smallest absolute Gasteiger partial charge is 0.0633 e. The van der Waals surface area contributed by atoms with Crippen molar-refractivity contribution in [3.8, 4) is 0 Å². The van der Waals surface area contributed by atoms with Crippen LogP contribution in [0.25, 0.3) is 0 Å². The second-order valence-corrected chi connectivity index (χ2v) is 3.75. The minimum atomic E-state index is -0.662. The predicted molar refractivity (Wildman–Crippen MR) is 52.7 cm³/mol. The number of aliphatic hydroxyl groups excluding tert-OH is 2. The van der Waals surface area contributed by atoms with Crippen molar-refractivity contribution in [1.82, 2.24) is 15.5 Å². The van der Waals surface area contributed by atoms with Crippen LogP contribution >= 0.6 is 0 Å². The van der Waals surface area contributed by atoms with Crippen LogP contribution in [0, 0.1) is 0 Å². The van der Waals surface area contributed by atoms with Crippen molar-refractivity contribution in [2.75, 3.05) is 13.2 Å². The lowest BCUT2D eigenvalue weighted by Gasteiger charge is -2.29. The highest BCUT2D eigenvalue weighted by Gasteiger charge is 2.24. The fourth-order valence-electron chi connectivity index (χ4n) is 1.25. The molecule has 14 heavy (non-hydrogen) atoms. The Balaban J connectivity index is 2.60. The van der Waals surface area contributed by atoms with Crippen LogP contribution in [-0.4, -0.2) is 39.2 Å². The normalized spacial score (nSPS) is 14.3. The van der Waals surface area contributed by atoms with Crippen LogP contribution in [0.4, 0.5) is 0 Å². The van der Waals surface area contributed by atoms with Gasteiger partial charge in [0.05, 0.1) is 24.4 Å². The van der Waals surface area contributed by atoms with Crippen LogP contribution < -0.4 is 5.32 Å². The van der Waals surface area contributed by atoms with Gasteiger partial charge >= 0.3 is 0 Å². The average Bonchev–Trinajstić information content (AvgIpc) is 2.70. The second kappa shape index (κ2) is 4.54. The molecule has 0 saturated heterocycles. The largest absolute Gasteiger partial charge is 0.394 e. The molecule has 80 valence electrons. The Morgan fingerprint density at radius 2 is 2.21 bits per heavy atom. The lowest BCUT2D eigenvalue weighted by molar-refractivity contribution is 0.0953. The van der Waals surface area contributed by atoms with Gasteiger partial charge in [0.1, 0.15) is 0 Å². The summed E-state index contributed by atoms with van der Waals surface area (Å²) in [5.41, 5.74) is 0.267. The molecule has 1 heterocycles. The summed E-state index contributed by atoms with van der Waals surface area (Å²) in [7, 11) is 0. The van der Waals surface area contributed by atoms with E-state index in [1.807, 2.05) is 13.0 Å². The van der Waals surface area contributed by atoms with E-state index in [-0.39, 0.29) is 19.3 Å². The minimum Gasteiger partial charge on any atom is -0.394 e. The van der Waals surface area contributed by atoms with Crippen molar-refractivity contribution < 1.29 is 10.2 Å². The number of H-pyrrole nitrogens is 1. The summed E-state index contributed by atoms with van der Waals surface area (Å²) in [6, 6.07) is 1.87. The first-order valence-corrected chi connectivity index (χ1v) is 4.60. The van der Waals surface area contributed by atoms with Gasteiger partial charge in [-0.3, -0.25) is 10.4 Å². The molecule has 0 radical (unpaired) electrons. The van der Waals surface area contributed by atoms with Gasteiger partial charge in [0, 0.05) is 12.2 Å². The zero-order chi connectivity index (χ0) is 10.6. The third kappa shape index (κ3) is 2.54. The lowest BCUT2D eigenvalue weighted by atomic mass is 10.0. The van der Waals surface area contributed by atoms with Crippen molar-refractivity contribution in [3.05, 3.63) is 18.0 Å². The first-order chi connectivity index (χ1) is 6.61. The number of nitrogens with zero attached hydrogens (tertiary/aromatic N) is 1. The van der Waals surface area contributed by atoms with E-state index in [9.17, 15) is 0 Å². The first kappa shape index (κ1) is 11.2. The highest BCUT2D eigenvalue weighted by molar-refractivity contribution is 5.04. The third-order valence-corrected chi connectivity index (χ3v) is 2.25. The molecule has 1 aromatic rings. The Labute approximate surface area is 83.2 Å². The molecule has 4 N–H and O–H groups in total. The van der Waals surface area contributed by atoms with Crippen LogP contribution in [0.5, 0.6) is 0 Å². The SMILES string of the molecule is CC(NC(C)(CO)CO)c1ccn[nH]1. The minimum absolute atomic E-state index is 0.0156. The monoisotopic (exact) mass is 199 g/mol. The molecule has 1 atom stereocenters. The molecule has 1 unspecified atom stereocenters. The fourth-order valence-corrected chi connectivity index (χ4v) is 1.25. The molecule has 0 bridgehead atoms. The van der Waals surface area contributed by atoms with Crippen molar-refractivity contribution >= 4 is 0 Å². The number of hydrogen-bond donors (Lipinski definition) is 4. The molecule has 0 fully saturated rings. The van der Waals surface area contributed by atoms with Crippen molar-refractivity contribution in [2.24, 2.45) is 0 Å². The van der Waals surface area contributed by atoms with Crippen LogP contribution in [-0.2, 0) is 0 Å². The zero-order valence-electron chi connectivity index (χ0n) is 8.49. The highest BCUT2D eigenvalue weighted by atomic mass is 16.3. The molecule has 0 aromatic carbocycles. The molecule has 0 aliphatic heterocycles. The summed E-state index contributed by atoms with van der Waals surface area (Å²) in [5, 5.41) is 28.0. The van der Waals surface area contributed by atoms with E-state index < -0.39 is 5.54 Å². The Morgan fingerprint density at radius 3 is 2.64 bits per heavy atom. The number of aliphatic hydroxyl groups is 2. The molecule has 0 saturated carbocycles. The summed E-state index contributed by atoms with van der Waals surface area (Å²) in [6.45, 7) is 3.49. The molecule has 5 nitrogen and oxygen atoms in total. The van der Waals surface area contributed by atoms with Crippen LogP contribution in [0.2, 0.25) is 0 Å². The van der Waals surface area contributed by atoms with E-state index in [1.54, 1.807) is 13.1 Å². The quantitative estimate of drug-likeness (QED) is 0.529. The van der Waals surface area contributed by atoms with Crippen molar-refractivity contribution in [2.45, 2.75) is 25.4 Å². The van der Waals surface area contributed by atoms with Gasteiger partial charge < -0.3 is 10.2 Å². The summed E-state index contributed by atoms with van der Waals surface area (Å²) in [4.78, 5) is 0. The van der Waals surface area contributed by atoms with E-state index in [0.29, 0.717) is 0 Å². The van der Waals surface area contributed by atoms with E-state index in [2.05, 4.69) is 15.5 Å². The maximum absolute atomic E-state index is 9.08. The van der Waals surface area contributed by atoms with Gasteiger partial charge in [0.15, 0.2) is 0 Å². The van der Waals surface area contributed by atoms with Gasteiger partial charge in [-0.05, 0) is 19.9 Å². The van der Waals surface area contributed by atoms with Crippen LogP contribution in [0.1, 0.15) is 25.6 Å². The van der Waals surface area contributed by atoms with Crippen molar-refractivity contribution in [1.29, 1.82) is 0 Å². The zero-order valence-corrected chi connectivity index (χ0v) is 8.49. The molecular weight excluding hydrogens is 182 g/mol. The van der Waals surface area contributed by atoms with Gasteiger partial charge in [-0.25, -0.2) is 0 Å². The highest BCUT2D eigenvalue weighted by Crippen LogP contribution is 2.13. The molecule has 1 aromatic heterocycles. The van der Waals surface area contributed by atoms with Gasteiger partial charge in [0.2, 0.25) is 0 Å². The topological polar surface area (TPSA) is 81.2 Å². The predicted octanol–water partition coefficient (Wildman–Crippen LogP) is -0.196. The third-order valence-electron chi connectivity index (χ3n) is 2.25. The number of aromatic nitrogens is 2. The van der Waals surface area contributed by atoms with E-state index in [1.165, 1.54) is 0 Å². The number of nitrogens with one attached hydrogen (secondary N) is 2. The first-order valence-electron chi connectivity index (χ1n) is 4.60. The Morgan fingerprint density at radius 1 is 1.57 bits per heavy atom. The summed E-state index contributed by atoms with van der Waals surface area (Å²) in [5.74, 6) is 0.